The maximum absolute atomic E-state index is 5.37. The number of hydrogen-bond donors (Lipinski definition) is 1. The third-order valence-electron chi connectivity index (χ3n) is 1.47. The van der Waals surface area contributed by atoms with Gasteiger partial charge in [-0.2, -0.15) is 5.10 Å². The van der Waals surface area contributed by atoms with Crippen LogP contribution in [0.4, 0.5) is 0 Å². The van der Waals surface area contributed by atoms with Crippen molar-refractivity contribution in [1.82, 2.24) is 14.8 Å². The quantitative estimate of drug-likeness (QED) is 0.652. The highest BCUT2D eigenvalue weighted by atomic mass is 15.3. The summed E-state index contributed by atoms with van der Waals surface area (Å²) in [6.45, 7) is 2.77. The molecule has 10 heavy (non-hydrogen) atoms. The normalized spacial score (nSPS) is 13.4. The molecule has 0 aliphatic carbocycles. The first-order valence-corrected chi connectivity index (χ1v) is 3.38. The highest BCUT2D eigenvalue weighted by Gasteiger charge is 2.01. The summed E-state index contributed by atoms with van der Waals surface area (Å²) in [6, 6.07) is 0.368. The lowest BCUT2D eigenvalue weighted by Gasteiger charge is -2.08. The molecule has 0 amide bonds. The summed E-state index contributed by atoms with van der Waals surface area (Å²) in [4.78, 5) is 3.84. The highest BCUT2D eigenvalue weighted by Crippen LogP contribution is 2.04. The minimum atomic E-state index is 0.368. The smallest absolute Gasteiger partial charge is 0.137 e. The van der Waals surface area contributed by atoms with Gasteiger partial charge in [0, 0.05) is 0 Å². The molecule has 1 rings (SSSR count). The van der Waals surface area contributed by atoms with Gasteiger partial charge in [-0.1, -0.05) is 0 Å². The predicted molar refractivity (Wildman–Crippen MR) is 38.4 cm³/mol. The fraction of sp³-hybridized carbons (Fsp3) is 0.667. The predicted octanol–water partition coefficient (Wildman–Crippen LogP) is 0.188. The Morgan fingerprint density at radius 1 is 1.70 bits per heavy atom. The molecule has 0 aromatic carbocycles. The van der Waals surface area contributed by atoms with E-state index in [0.29, 0.717) is 12.6 Å². The first-order chi connectivity index (χ1) is 4.84. The molecule has 1 aromatic rings. The fourth-order valence-electron chi connectivity index (χ4n) is 0.818. The van der Waals surface area contributed by atoms with Crippen LogP contribution < -0.4 is 5.73 Å². The van der Waals surface area contributed by atoms with Crippen molar-refractivity contribution in [3.63, 3.8) is 0 Å². The van der Waals surface area contributed by atoms with Crippen molar-refractivity contribution >= 4 is 0 Å². The van der Waals surface area contributed by atoms with Crippen molar-refractivity contribution < 1.29 is 0 Å². The summed E-state index contributed by atoms with van der Waals surface area (Å²) < 4.78 is 1.81. The molecule has 4 nitrogen and oxygen atoms in total. The molecular weight excluding hydrogens is 128 g/mol. The summed E-state index contributed by atoms with van der Waals surface area (Å²) in [6.07, 6.45) is 4.19. The lowest BCUT2D eigenvalue weighted by atomic mass is 10.2. The summed E-state index contributed by atoms with van der Waals surface area (Å²) >= 11 is 0. The topological polar surface area (TPSA) is 56.7 Å². The molecule has 1 aromatic heterocycles. The van der Waals surface area contributed by atoms with E-state index in [2.05, 4.69) is 17.0 Å². The molecule has 1 heterocycles. The minimum Gasteiger partial charge on any atom is -0.330 e. The Hall–Kier alpha value is -0.900. The van der Waals surface area contributed by atoms with Crippen LogP contribution in [0.3, 0.4) is 0 Å². The van der Waals surface area contributed by atoms with E-state index in [1.165, 1.54) is 6.33 Å². The summed E-state index contributed by atoms with van der Waals surface area (Å²) in [7, 11) is 0. The van der Waals surface area contributed by atoms with Gasteiger partial charge in [-0.15, -0.1) is 0 Å². The fourth-order valence-corrected chi connectivity index (χ4v) is 0.818. The third kappa shape index (κ3) is 1.54. The first-order valence-electron chi connectivity index (χ1n) is 3.38. The largest absolute Gasteiger partial charge is 0.330 e. The first kappa shape index (κ1) is 7.21. The summed E-state index contributed by atoms with van der Waals surface area (Å²) in [5.74, 6) is 0. The molecule has 0 spiro atoms. The Kier molecular flexibility index (Phi) is 2.39. The molecule has 56 valence electrons. The van der Waals surface area contributed by atoms with Crippen LogP contribution >= 0.6 is 0 Å². The van der Waals surface area contributed by atoms with E-state index in [4.69, 9.17) is 5.73 Å². The van der Waals surface area contributed by atoms with Gasteiger partial charge in [0.25, 0.3) is 0 Å². The van der Waals surface area contributed by atoms with Crippen LogP contribution in [0.15, 0.2) is 12.7 Å². The van der Waals surface area contributed by atoms with E-state index in [-0.39, 0.29) is 0 Å². The molecule has 0 radical (unpaired) electrons. The Labute approximate surface area is 60.1 Å². The second-order valence-corrected chi connectivity index (χ2v) is 2.30. The molecule has 4 heteroatoms. The second-order valence-electron chi connectivity index (χ2n) is 2.30. The van der Waals surface area contributed by atoms with Crippen LogP contribution in [0.2, 0.25) is 0 Å². The standard InChI is InChI=1S/C6H12N4/c1-6(2-3-7)10-5-8-4-9-10/h4-6H,2-3,7H2,1H3. The number of rotatable bonds is 3. The summed E-state index contributed by atoms with van der Waals surface area (Å²) in [5.41, 5.74) is 5.37. The molecule has 0 saturated carbocycles. The van der Waals surface area contributed by atoms with E-state index < -0.39 is 0 Å². The van der Waals surface area contributed by atoms with Gasteiger partial charge in [-0.25, -0.2) is 4.98 Å². The van der Waals surface area contributed by atoms with Crippen LogP contribution in [-0.4, -0.2) is 21.3 Å². The monoisotopic (exact) mass is 140 g/mol. The minimum absolute atomic E-state index is 0.368. The van der Waals surface area contributed by atoms with E-state index >= 15 is 0 Å². The average molecular weight is 140 g/mol. The molecule has 2 N–H and O–H groups in total. The van der Waals surface area contributed by atoms with Gasteiger partial charge in [0.05, 0.1) is 6.04 Å². The van der Waals surface area contributed by atoms with Crippen molar-refractivity contribution in [2.75, 3.05) is 6.54 Å². The third-order valence-corrected chi connectivity index (χ3v) is 1.47. The van der Waals surface area contributed by atoms with Crippen LogP contribution in [0.1, 0.15) is 19.4 Å². The SMILES string of the molecule is CC(CCN)n1cncn1. The molecule has 1 unspecified atom stereocenters. The maximum Gasteiger partial charge on any atom is 0.137 e. The molecule has 0 aliphatic heterocycles. The Balaban J connectivity index is 2.50. The van der Waals surface area contributed by atoms with Crippen LogP contribution in [0.5, 0.6) is 0 Å². The van der Waals surface area contributed by atoms with Crippen molar-refractivity contribution in [3.05, 3.63) is 12.7 Å². The molecule has 1 atom stereocenters. The van der Waals surface area contributed by atoms with Gasteiger partial charge >= 0.3 is 0 Å². The number of nitrogens with zero attached hydrogens (tertiary/aromatic N) is 3. The number of hydrogen-bond acceptors (Lipinski definition) is 3. The molecule has 0 aliphatic rings. The van der Waals surface area contributed by atoms with Crippen LogP contribution in [-0.2, 0) is 0 Å². The van der Waals surface area contributed by atoms with Gasteiger partial charge in [-0.3, -0.25) is 4.68 Å². The van der Waals surface area contributed by atoms with E-state index in [9.17, 15) is 0 Å². The van der Waals surface area contributed by atoms with Crippen molar-refractivity contribution in [1.29, 1.82) is 0 Å². The van der Waals surface area contributed by atoms with Gasteiger partial charge in [-0.05, 0) is 19.9 Å². The lowest BCUT2D eigenvalue weighted by Crippen LogP contribution is -2.11. The van der Waals surface area contributed by atoms with E-state index in [0.717, 1.165) is 6.42 Å². The maximum atomic E-state index is 5.37. The van der Waals surface area contributed by atoms with Gasteiger partial charge in [0.2, 0.25) is 0 Å². The van der Waals surface area contributed by atoms with Crippen molar-refractivity contribution in [2.45, 2.75) is 19.4 Å². The zero-order chi connectivity index (χ0) is 7.40. The number of aromatic nitrogens is 3. The van der Waals surface area contributed by atoms with Gasteiger partial charge in [0.1, 0.15) is 12.7 Å². The molecule has 0 bridgehead atoms. The van der Waals surface area contributed by atoms with Crippen molar-refractivity contribution in [2.24, 2.45) is 5.73 Å². The molecule has 0 fully saturated rings. The highest BCUT2D eigenvalue weighted by molar-refractivity contribution is 4.64. The van der Waals surface area contributed by atoms with E-state index in [1.807, 2.05) is 4.68 Å². The Morgan fingerprint density at radius 3 is 3.00 bits per heavy atom. The van der Waals surface area contributed by atoms with E-state index in [1.54, 1.807) is 6.33 Å². The van der Waals surface area contributed by atoms with Crippen LogP contribution in [0.25, 0.3) is 0 Å². The lowest BCUT2D eigenvalue weighted by molar-refractivity contribution is 0.464. The van der Waals surface area contributed by atoms with Gasteiger partial charge < -0.3 is 5.73 Å². The Morgan fingerprint density at radius 2 is 2.50 bits per heavy atom. The van der Waals surface area contributed by atoms with Crippen molar-refractivity contribution in [3.8, 4) is 0 Å². The van der Waals surface area contributed by atoms with Crippen LogP contribution in [0, 0.1) is 0 Å². The zero-order valence-electron chi connectivity index (χ0n) is 6.07. The Bertz CT molecular complexity index is 170. The van der Waals surface area contributed by atoms with Gasteiger partial charge in [0.15, 0.2) is 0 Å². The summed E-state index contributed by atoms with van der Waals surface area (Å²) in [5, 5.41) is 3.98. The average Bonchev–Trinajstić information content (AvgIpc) is 2.38. The molecule has 0 saturated heterocycles. The molecular formula is C6H12N4. The second kappa shape index (κ2) is 3.31. The zero-order valence-corrected chi connectivity index (χ0v) is 6.07. The number of nitrogens with two attached hydrogens (primary N) is 1.